The van der Waals surface area contributed by atoms with Crippen LogP contribution in [0.1, 0.15) is 37.5 Å². The van der Waals surface area contributed by atoms with E-state index in [1.54, 1.807) is 54.6 Å². The van der Waals surface area contributed by atoms with Gasteiger partial charge < -0.3 is 9.64 Å². The van der Waals surface area contributed by atoms with E-state index in [9.17, 15) is 18.8 Å². The number of carbonyl (C=O) groups excluding carboxylic acids is 3. The van der Waals surface area contributed by atoms with E-state index in [2.05, 4.69) is 0 Å². The van der Waals surface area contributed by atoms with Crippen LogP contribution in [0, 0.1) is 5.82 Å². The van der Waals surface area contributed by atoms with Gasteiger partial charge in [0.05, 0.1) is 7.11 Å². The van der Waals surface area contributed by atoms with Crippen molar-refractivity contribution in [2.75, 3.05) is 25.1 Å². The second kappa shape index (κ2) is 9.62. The summed E-state index contributed by atoms with van der Waals surface area (Å²) in [5.74, 6) is -1.01. The Hall–Kier alpha value is -4.52. The van der Waals surface area contributed by atoms with E-state index in [0.29, 0.717) is 39.9 Å². The number of methoxy groups -OCH3 is 1. The Labute approximate surface area is 207 Å². The van der Waals surface area contributed by atoms with Gasteiger partial charge in [0.25, 0.3) is 17.7 Å². The van der Waals surface area contributed by atoms with Crippen LogP contribution in [-0.4, -0.2) is 42.8 Å². The lowest BCUT2D eigenvalue weighted by atomic mass is 9.94. The molecule has 0 spiro atoms. The Kier molecular flexibility index (Phi) is 6.21. The van der Waals surface area contributed by atoms with Crippen molar-refractivity contribution in [3.05, 3.63) is 107 Å². The highest BCUT2D eigenvalue weighted by molar-refractivity contribution is 6.25. The topological polar surface area (TPSA) is 66.9 Å². The Morgan fingerprint density at radius 1 is 0.889 bits per heavy atom. The second-order valence-electron chi connectivity index (χ2n) is 8.49. The minimum absolute atomic E-state index is 0.111. The van der Waals surface area contributed by atoms with Crippen molar-refractivity contribution >= 4 is 34.2 Å². The predicted molar refractivity (Wildman–Crippen MR) is 135 cm³/mol. The number of benzene rings is 4. The molecule has 180 valence electrons. The molecule has 1 aliphatic heterocycles. The van der Waals surface area contributed by atoms with Gasteiger partial charge in [-0.15, -0.1) is 0 Å². The number of halogens is 1. The zero-order chi connectivity index (χ0) is 25.2. The minimum Gasteiger partial charge on any atom is -0.497 e. The molecule has 1 aliphatic rings. The van der Waals surface area contributed by atoms with Gasteiger partial charge in [-0.25, -0.2) is 4.39 Å². The molecule has 0 aromatic heterocycles. The average Bonchev–Trinajstić information content (AvgIpc) is 2.91. The number of amides is 3. The number of ether oxygens (including phenoxy) is 1. The summed E-state index contributed by atoms with van der Waals surface area (Å²) in [5, 5.41) is 1.51. The molecular formula is C29H23FN2O4. The van der Waals surface area contributed by atoms with Crippen LogP contribution in [-0.2, 0) is 0 Å². The Bertz CT molecular complexity index is 1450. The van der Waals surface area contributed by atoms with Crippen molar-refractivity contribution in [3.8, 4) is 5.75 Å². The van der Waals surface area contributed by atoms with Gasteiger partial charge in [0.2, 0.25) is 0 Å². The summed E-state index contributed by atoms with van der Waals surface area (Å²) < 4.78 is 19.3. The molecule has 4 aromatic rings. The molecule has 0 unspecified atom stereocenters. The van der Waals surface area contributed by atoms with Crippen molar-refractivity contribution in [3.63, 3.8) is 0 Å². The van der Waals surface area contributed by atoms with E-state index in [4.69, 9.17) is 4.74 Å². The van der Waals surface area contributed by atoms with Crippen molar-refractivity contribution in [1.82, 2.24) is 4.90 Å². The third kappa shape index (κ3) is 4.20. The molecule has 1 heterocycles. The summed E-state index contributed by atoms with van der Waals surface area (Å²) in [6.45, 7) is 0.280. The lowest BCUT2D eigenvalue weighted by Crippen LogP contribution is -2.42. The zero-order valence-corrected chi connectivity index (χ0v) is 19.6. The summed E-state index contributed by atoms with van der Waals surface area (Å²) >= 11 is 0. The largest absolute Gasteiger partial charge is 0.497 e. The summed E-state index contributed by atoms with van der Waals surface area (Å²) in [7, 11) is 1.51. The monoisotopic (exact) mass is 482 g/mol. The molecule has 0 saturated carbocycles. The first-order chi connectivity index (χ1) is 17.5. The molecule has 0 bridgehead atoms. The van der Waals surface area contributed by atoms with Crippen LogP contribution in [0.5, 0.6) is 5.75 Å². The molecule has 0 saturated heterocycles. The molecule has 0 aliphatic carbocycles. The highest BCUT2D eigenvalue weighted by Gasteiger charge is 2.32. The van der Waals surface area contributed by atoms with Crippen LogP contribution in [0.15, 0.2) is 84.9 Å². The summed E-state index contributed by atoms with van der Waals surface area (Å²) in [6.07, 6.45) is 0.307. The smallest absolute Gasteiger partial charge is 0.261 e. The lowest BCUT2D eigenvalue weighted by Gasteiger charge is -2.29. The van der Waals surface area contributed by atoms with Crippen LogP contribution in [0.4, 0.5) is 10.1 Å². The fourth-order valence-electron chi connectivity index (χ4n) is 4.57. The van der Waals surface area contributed by atoms with Crippen LogP contribution in [0.2, 0.25) is 0 Å². The molecule has 0 fully saturated rings. The van der Waals surface area contributed by atoms with E-state index in [1.807, 2.05) is 12.1 Å². The van der Waals surface area contributed by atoms with E-state index in [0.717, 1.165) is 5.39 Å². The van der Waals surface area contributed by atoms with Crippen LogP contribution in [0.3, 0.4) is 0 Å². The summed E-state index contributed by atoms with van der Waals surface area (Å²) in [5.41, 5.74) is 1.73. The van der Waals surface area contributed by atoms with Gasteiger partial charge in [-0.05, 0) is 60.3 Å². The zero-order valence-electron chi connectivity index (χ0n) is 19.6. The Balaban J connectivity index is 1.39. The number of rotatable bonds is 7. The van der Waals surface area contributed by atoms with Gasteiger partial charge in [0.1, 0.15) is 11.6 Å². The normalized spacial score (nSPS) is 12.7. The van der Waals surface area contributed by atoms with Crippen molar-refractivity contribution in [2.24, 2.45) is 0 Å². The number of carbonyl (C=O) groups is 3. The second-order valence-corrected chi connectivity index (χ2v) is 8.49. The number of imide groups is 1. The molecule has 6 nitrogen and oxygen atoms in total. The quantitative estimate of drug-likeness (QED) is 0.335. The van der Waals surface area contributed by atoms with Gasteiger partial charge in [-0.2, -0.15) is 0 Å². The van der Waals surface area contributed by atoms with E-state index in [1.165, 1.54) is 35.1 Å². The Morgan fingerprint density at radius 3 is 2.22 bits per heavy atom. The predicted octanol–water partition coefficient (Wildman–Crippen LogP) is 5.32. The fourth-order valence-corrected chi connectivity index (χ4v) is 4.57. The van der Waals surface area contributed by atoms with Gasteiger partial charge in [0, 0.05) is 40.9 Å². The first-order valence-corrected chi connectivity index (χ1v) is 11.6. The molecule has 0 radical (unpaired) electrons. The summed E-state index contributed by atoms with van der Waals surface area (Å²) in [4.78, 5) is 42.5. The van der Waals surface area contributed by atoms with Crippen LogP contribution < -0.4 is 9.64 Å². The summed E-state index contributed by atoms with van der Waals surface area (Å²) in [6, 6.07) is 23.3. The molecule has 0 atom stereocenters. The van der Waals surface area contributed by atoms with Crippen molar-refractivity contribution in [2.45, 2.75) is 6.42 Å². The van der Waals surface area contributed by atoms with E-state index < -0.39 is 5.82 Å². The highest BCUT2D eigenvalue weighted by atomic mass is 19.1. The standard InChI is InChI=1S/C29H23FN2O4/c1-36-23-12-2-9-20(17-23)27(33)31(22-11-5-10-21(30)18-22)15-6-16-32-28(34)24-13-3-7-19-8-4-14-25(26(19)24)29(32)35/h2-5,7-14,17-18H,6,15-16H2,1H3. The third-order valence-corrected chi connectivity index (χ3v) is 6.30. The van der Waals surface area contributed by atoms with Crippen LogP contribution in [0.25, 0.3) is 10.8 Å². The first kappa shape index (κ1) is 23.2. The van der Waals surface area contributed by atoms with Gasteiger partial charge in [-0.1, -0.05) is 36.4 Å². The van der Waals surface area contributed by atoms with Crippen molar-refractivity contribution in [1.29, 1.82) is 0 Å². The molecule has 36 heavy (non-hydrogen) atoms. The molecule has 3 amide bonds. The molecule has 4 aromatic carbocycles. The maximum atomic E-state index is 14.0. The fraction of sp³-hybridized carbons (Fsp3) is 0.138. The third-order valence-electron chi connectivity index (χ3n) is 6.30. The lowest BCUT2D eigenvalue weighted by molar-refractivity contribution is 0.0610. The van der Waals surface area contributed by atoms with E-state index in [-0.39, 0.29) is 30.8 Å². The van der Waals surface area contributed by atoms with Crippen LogP contribution >= 0.6 is 0 Å². The molecule has 7 heteroatoms. The number of hydrogen-bond donors (Lipinski definition) is 0. The highest BCUT2D eigenvalue weighted by Crippen LogP contribution is 2.30. The molecule has 5 rings (SSSR count). The Morgan fingerprint density at radius 2 is 1.56 bits per heavy atom. The average molecular weight is 483 g/mol. The number of nitrogens with zero attached hydrogens (tertiary/aromatic N) is 2. The SMILES string of the molecule is COc1cccc(C(=O)N(CCCN2C(=O)c3cccc4cccc(c34)C2=O)c2cccc(F)c2)c1. The first-order valence-electron chi connectivity index (χ1n) is 11.6. The maximum absolute atomic E-state index is 14.0. The minimum atomic E-state index is -0.470. The van der Waals surface area contributed by atoms with E-state index >= 15 is 0 Å². The molecular weight excluding hydrogens is 459 g/mol. The van der Waals surface area contributed by atoms with Gasteiger partial charge in [-0.3, -0.25) is 19.3 Å². The number of hydrogen-bond acceptors (Lipinski definition) is 4. The number of anilines is 1. The van der Waals surface area contributed by atoms with Crippen molar-refractivity contribution < 1.29 is 23.5 Å². The van der Waals surface area contributed by atoms with Gasteiger partial charge >= 0.3 is 0 Å². The molecule has 0 N–H and O–H groups in total. The van der Waals surface area contributed by atoms with Gasteiger partial charge in [0.15, 0.2) is 0 Å². The maximum Gasteiger partial charge on any atom is 0.261 e.